The molecule has 0 saturated carbocycles. The minimum absolute atomic E-state index is 0.399. The van der Waals surface area contributed by atoms with Gasteiger partial charge in [-0.25, -0.2) is 4.98 Å². The summed E-state index contributed by atoms with van der Waals surface area (Å²) in [4.78, 5) is 7.68. The van der Waals surface area contributed by atoms with Crippen LogP contribution in [0, 0.1) is 0 Å². The summed E-state index contributed by atoms with van der Waals surface area (Å²) in [6.07, 6.45) is 4.07. The maximum absolute atomic E-state index is 5.84. The Morgan fingerprint density at radius 1 is 1.57 bits per heavy atom. The molecule has 1 aliphatic rings. The molecule has 78 valence electrons. The summed E-state index contributed by atoms with van der Waals surface area (Å²) < 4.78 is 0.633. The quantitative estimate of drug-likeness (QED) is 0.843. The van der Waals surface area contributed by atoms with Gasteiger partial charge < -0.3 is 5.73 Å². The molecule has 0 aliphatic carbocycles. The van der Waals surface area contributed by atoms with Gasteiger partial charge in [-0.15, -0.1) is 11.3 Å². The molecule has 3 nitrogen and oxygen atoms in total. The van der Waals surface area contributed by atoms with Crippen molar-refractivity contribution in [2.45, 2.75) is 25.4 Å². The van der Waals surface area contributed by atoms with Crippen LogP contribution in [0.15, 0.2) is 6.20 Å². The molecule has 2 N–H and O–H groups in total. The zero-order valence-corrected chi connectivity index (χ0v) is 9.52. The highest BCUT2D eigenvalue weighted by atomic mass is 35.5. The molecular formula is C9H14ClN3S. The number of aromatic nitrogens is 1. The third kappa shape index (κ3) is 2.67. The second-order valence-electron chi connectivity index (χ2n) is 3.69. The first kappa shape index (κ1) is 10.4. The fourth-order valence-corrected chi connectivity index (χ4v) is 2.71. The van der Waals surface area contributed by atoms with Gasteiger partial charge in [0.05, 0.1) is 0 Å². The monoisotopic (exact) mass is 231 g/mol. The van der Waals surface area contributed by atoms with Gasteiger partial charge in [0.25, 0.3) is 0 Å². The molecule has 0 unspecified atom stereocenters. The highest BCUT2D eigenvalue weighted by molar-refractivity contribution is 7.15. The van der Waals surface area contributed by atoms with E-state index in [9.17, 15) is 0 Å². The Hall–Kier alpha value is -0.160. The minimum atomic E-state index is 0.399. The molecule has 1 aliphatic heterocycles. The Bertz CT molecular complexity index is 294. The summed E-state index contributed by atoms with van der Waals surface area (Å²) in [6, 6.07) is 0.399. The van der Waals surface area contributed by atoms with E-state index in [0.29, 0.717) is 10.5 Å². The van der Waals surface area contributed by atoms with Crippen molar-refractivity contribution in [3.8, 4) is 0 Å². The molecule has 14 heavy (non-hydrogen) atoms. The summed E-state index contributed by atoms with van der Waals surface area (Å²) in [5.41, 5.74) is 5.84. The maximum Gasteiger partial charge on any atom is 0.183 e. The van der Waals surface area contributed by atoms with Gasteiger partial charge >= 0.3 is 0 Å². The summed E-state index contributed by atoms with van der Waals surface area (Å²) in [5, 5.41) is 0. The highest BCUT2D eigenvalue weighted by Crippen LogP contribution is 2.20. The molecule has 0 amide bonds. The Balaban J connectivity index is 1.86. The zero-order valence-electron chi connectivity index (χ0n) is 7.95. The second kappa shape index (κ2) is 4.57. The molecule has 1 aromatic rings. The number of likely N-dealkylation sites (tertiary alicyclic amines) is 1. The number of piperidine rings is 1. The number of hydrogen-bond acceptors (Lipinski definition) is 4. The molecule has 5 heteroatoms. The number of nitrogens with zero attached hydrogens (tertiary/aromatic N) is 2. The lowest BCUT2D eigenvalue weighted by atomic mass is 10.1. The van der Waals surface area contributed by atoms with Gasteiger partial charge in [0.15, 0.2) is 4.47 Å². The molecule has 0 spiro atoms. The van der Waals surface area contributed by atoms with Gasteiger partial charge in [-0.1, -0.05) is 11.6 Å². The van der Waals surface area contributed by atoms with Crippen LogP contribution < -0.4 is 5.73 Å². The Kier molecular flexibility index (Phi) is 3.38. The van der Waals surface area contributed by atoms with Gasteiger partial charge in [0.1, 0.15) is 0 Å². The standard InChI is InChI=1S/C9H14ClN3S/c10-9-12-5-8(14-9)6-13-3-1-7(11)2-4-13/h5,7H,1-4,6,11H2. The van der Waals surface area contributed by atoms with Crippen LogP contribution in [0.2, 0.25) is 4.47 Å². The highest BCUT2D eigenvalue weighted by Gasteiger charge is 2.16. The minimum Gasteiger partial charge on any atom is -0.328 e. The molecule has 2 heterocycles. The van der Waals surface area contributed by atoms with Crippen molar-refractivity contribution >= 4 is 22.9 Å². The molecule has 0 atom stereocenters. The zero-order chi connectivity index (χ0) is 9.97. The van der Waals surface area contributed by atoms with Gasteiger partial charge in [-0.05, 0) is 25.9 Å². The third-order valence-corrected chi connectivity index (χ3v) is 3.64. The SMILES string of the molecule is NC1CCN(Cc2cnc(Cl)s2)CC1. The second-order valence-corrected chi connectivity index (χ2v) is 5.39. The molecule has 0 bridgehead atoms. The Morgan fingerprint density at radius 3 is 2.86 bits per heavy atom. The van der Waals surface area contributed by atoms with Crippen LogP contribution in [0.4, 0.5) is 0 Å². The summed E-state index contributed by atoms with van der Waals surface area (Å²) in [5.74, 6) is 0. The molecule has 1 fully saturated rings. The fourth-order valence-electron chi connectivity index (χ4n) is 1.69. The number of thiazole rings is 1. The Labute approximate surface area is 92.9 Å². The first-order valence-corrected chi connectivity index (χ1v) is 6.01. The maximum atomic E-state index is 5.84. The first-order chi connectivity index (χ1) is 6.74. The fraction of sp³-hybridized carbons (Fsp3) is 0.667. The van der Waals surface area contributed by atoms with Crippen LogP contribution in [0.25, 0.3) is 0 Å². The number of nitrogens with two attached hydrogens (primary N) is 1. The summed E-state index contributed by atoms with van der Waals surface area (Å²) >= 11 is 7.33. The summed E-state index contributed by atoms with van der Waals surface area (Å²) in [6.45, 7) is 3.16. The van der Waals surface area contributed by atoms with Gasteiger partial charge in [0, 0.05) is 23.7 Å². The van der Waals surface area contributed by atoms with Gasteiger partial charge in [-0.2, -0.15) is 0 Å². The average Bonchev–Trinajstić information content (AvgIpc) is 2.56. The third-order valence-electron chi connectivity index (χ3n) is 2.54. The van der Waals surface area contributed by atoms with E-state index in [4.69, 9.17) is 17.3 Å². The van der Waals surface area contributed by atoms with Crippen molar-refractivity contribution in [3.63, 3.8) is 0 Å². The molecule has 0 radical (unpaired) electrons. The van der Waals surface area contributed by atoms with E-state index < -0.39 is 0 Å². The van der Waals surface area contributed by atoms with Crippen LogP contribution in [-0.4, -0.2) is 29.0 Å². The lowest BCUT2D eigenvalue weighted by molar-refractivity contribution is 0.207. The topological polar surface area (TPSA) is 42.1 Å². The van der Waals surface area contributed by atoms with E-state index in [1.165, 1.54) is 4.88 Å². The van der Waals surface area contributed by atoms with Crippen molar-refractivity contribution < 1.29 is 0 Å². The molecule has 0 aromatic carbocycles. The van der Waals surface area contributed by atoms with Crippen molar-refractivity contribution in [1.82, 2.24) is 9.88 Å². The van der Waals surface area contributed by atoms with E-state index in [1.807, 2.05) is 6.20 Å². The van der Waals surface area contributed by atoms with Crippen LogP contribution in [0.3, 0.4) is 0 Å². The van der Waals surface area contributed by atoms with Crippen molar-refractivity contribution in [3.05, 3.63) is 15.5 Å². The molecule has 1 saturated heterocycles. The summed E-state index contributed by atoms with van der Waals surface area (Å²) in [7, 11) is 0. The van der Waals surface area contributed by atoms with Crippen molar-refractivity contribution in [2.24, 2.45) is 5.73 Å². The van der Waals surface area contributed by atoms with E-state index in [1.54, 1.807) is 11.3 Å². The lowest BCUT2D eigenvalue weighted by Gasteiger charge is -2.29. The molecular weight excluding hydrogens is 218 g/mol. The van der Waals surface area contributed by atoms with Crippen LogP contribution in [0.1, 0.15) is 17.7 Å². The number of rotatable bonds is 2. The normalized spacial score (nSPS) is 20.1. The predicted molar refractivity (Wildman–Crippen MR) is 59.6 cm³/mol. The van der Waals surface area contributed by atoms with Crippen molar-refractivity contribution in [2.75, 3.05) is 13.1 Å². The smallest absolute Gasteiger partial charge is 0.183 e. The van der Waals surface area contributed by atoms with E-state index in [-0.39, 0.29) is 0 Å². The van der Waals surface area contributed by atoms with Crippen LogP contribution in [0.5, 0.6) is 0 Å². The molecule has 1 aromatic heterocycles. The van der Waals surface area contributed by atoms with E-state index in [0.717, 1.165) is 32.5 Å². The van der Waals surface area contributed by atoms with Crippen molar-refractivity contribution in [1.29, 1.82) is 0 Å². The number of hydrogen-bond donors (Lipinski definition) is 1. The van der Waals surface area contributed by atoms with Crippen LogP contribution >= 0.6 is 22.9 Å². The molecule has 2 rings (SSSR count). The lowest BCUT2D eigenvalue weighted by Crippen LogP contribution is -2.39. The number of halogens is 1. The van der Waals surface area contributed by atoms with E-state index >= 15 is 0 Å². The van der Waals surface area contributed by atoms with Gasteiger partial charge in [0.2, 0.25) is 0 Å². The Morgan fingerprint density at radius 2 is 2.29 bits per heavy atom. The van der Waals surface area contributed by atoms with E-state index in [2.05, 4.69) is 9.88 Å². The average molecular weight is 232 g/mol. The van der Waals surface area contributed by atoms with Crippen LogP contribution in [-0.2, 0) is 6.54 Å². The largest absolute Gasteiger partial charge is 0.328 e. The van der Waals surface area contributed by atoms with Gasteiger partial charge in [-0.3, -0.25) is 4.90 Å². The predicted octanol–water partition coefficient (Wildman–Crippen LogP) is 1.72. The first-order valence-electron chi connectivity index (χ1n) is 4.82.